The molecule has 3 heterocycles. The molecule has 0 fully saturated rings. The van der Waals surface area contributed by atoms with Crippen LogP contribution in [-0.2, 0) is 11.4 Å². The van der Waals surface area contributed by atoms with Crippen LogP contribution in [0.4, 0.5) is 8.78 Å². The van der Waals surface area contributed by atoms with E-state index < -0.39 is 23.2 Å². The Bertz CT molecular complexity index is 1100. The second-order valence-corrected chi connectivity index (χ2v) is 7.01. The molecule has 9 heteroatoms. The maximum absolute atomic E-state index is 13.7. The lowest BCUT2D eigenvalue weighted by Crippen LogP contribution is -2.33. The molecular weight excluding hydrogens is 404 g/mol. The number of ether oxygens (including phenoxy) is 1. The third-order valence-corrected chi connectivity index (χ3v) is 4.88. The van der Waals surface area contributed by atoms with Gasteiger partial charge in [0.15, 0.2) is 5.82 Å². The standard InChI is InChI=1S/C20H18ClF2N3O3/c1-11-8-25(3)14(9-27)6-17(11)26-12(2)4-18(19(21)20(26)28)29-10-16-15(23)5-13(22)7-24-16/h4-9,14H,10H2,1-3H3/t14-/m1/s1. The van der Waals surface area contributed by atoms with E-state index in [4.69, 9.17) is 16.3 Å². The minimum Gasteiger partial charge on any atom is -0.485 e. The number of allylic oxidation sites excluding steroid dienone is 2. The van der Waals surface area contributed by atoms with Crippen molar-refractivity contribution < 1.29 is 18.3 Å². The van der Waals surface area contributed by atoms with Gasteiger partial charge in [0.2, 0.25) is 0 Å². The van der Waals surface area contributed by atoms with E-state index in [-0.39, 0.29) is 23.1 Å². The molecule has 0 aliphatic carbocycles. The molecule has 0 radical (unpaired) electrons. The van der Waals surface area contributed by atoms with Crippen LogP contribution in [0.3, 0.4) is 0 Å². The highest BCUT2D eigenvalue weighted by Gasteiger charge is 2.22. The lowest BCUT2D eigenvalue weighted by Gasteiger charge is -2.28. The van der Waals surface area contributed by atoms with Crippen molar-refractivity contribution in [2.45, 2.75) is 26.5 Å². The minimum absolute atomic E-state index is 0.0537. The third kappa shape index (κ3) is 4.07. The van der Waals surface area contributed by atoms with E-state index in [1.807, 2.05) is 6.92 Å². The maximum atomic E-state index is 13.7. The Morgan fingerprint density at radius 3 is 2.69 bits per heavy atom. The van der Waals surface area contributed by atoms with Gasteiger partial charge in [-0.15, -0.1) is 0 Å². The molecular formula is C20H18ClF2N3O3. The molecule has 0 amide bonds. The lowest BCUT2D eigenvalue weighted by atomic mass is 10.1. The van der Waals surface area contributed by atoms with E-state index in [9.17, 15) is 18.4 Å². The number of halogens is 3. The van der Waals surface area contributed by atoms with Crippen LogP contribution in [0.1, 0.15) is 18.3 Å². The molecule has 3 rings (SSSR count). The molecule has 152 valence electrons. The number of hydrogen-bond acceptors (Lipinski definition) is 5. The van der Waals surface area contributed by atoms with Crippen molar-refractivity contribution in [1.29, 1.82) is 0 Å². The number of aromatic nitrogens is 2. The zero-order valence-corrected chi connectivity index (χ0v) is 16.7. The van der Waals surface area contributed by atoms with Crippen LogP contribution in [0.15, 0.2) is 41.0 Å². The van der Waals surface area contributed by atoms with Crippen LogP contribution in [0.5, 0.6) is 5.75 Å². The van der Waals surface area contributed by atoms with Gasteiger partial charge in [-0.05, 0) is 25.5 Å². The van der Waals surface area contributed by atoms with Crippen LogP contribution in [0, 0.1) is 18.6 Å². The molecule has 0 N–H and O–H groups in total. The lowest BCUT2D eigenvalue weighted by molar-refractivity contribution is -0.110. The van der Waals surface area contributed by atoms with E-state index >= 15 is 0 Å². The molecule has 0 saturated carbocycles. The molecule has 2 aromatic heterocycles. The summed E-state index contributed by atoms with van der Waals surface area (Å²) < 4.78 is 33.6. The smallest absolute Gasteiger partial charge is 0.277 e. The summed E-state index contributed by atoms with van der Waals surface area (Å²) in [5.41, 5.74) is 1.17. The van der Waals surface area contributed by atoms with Crippen LogP contribution < -0.4 is 10.3 Å². The number of nitrogens with zero attached hydrogens (tertiary/aromatic N) is 3. The summed E-state index contributed by atoms with van der Waals surface area (Å²) in [6.07, 6.45) is 5.08. The van der Waals surface area contributed by atoms with Crippen LogP contribution in [-0.4, -0.2) is 33.8 Å². The number of hydrogen-bond donors (Lipinski definition) is 0. The van der Waals surface area contributed by atoms with Crippen molar-refractivity contribution >= 4 is 23.6 Å². The SMILES string of the molecule is CC1=CN(C)[C@@H](C=O)C=C1n1c(C)cc(OCc2ncc(F)cc2F)c(Cl)c1=O. The van der Waals surface area contributed by atoms with E-state index in [0.717, 1.165) is 18.1 Å². The first-order valence-electron chi connectivity index (χ1n) is 8.66. The average Bonchev–Trinajstić information content (AvgIpc) is 2.66. The molecule has 6 nitrogen and oxygen atoms in total. The maximum Gasteiger partial charge on any atom is 0.277 e. The Labute approximate surface area is 170 Å². The predicted octanol–water partition coefficient (Wildman–Crippen LogP) is 3.32. The van der Waals surface area contributed by atoms with Gasteiger partial charge in [-0.2, -0.15) is 0 Å². The van der Waals surface area contributed by atoms with Crippen LogP contribution in [0.25, 0.3) is 5.70 Å². The van der Waals surface area contributed by atoms with Gasteiger partial charge in [0.25, 0.3) is 5.56 Å². The van der Waals surface area contributed by atoms with E-state index in [0.29, 0.717) is 17.5 Å². The number of carbonyl (C=O) groups is 1. The van der Waals surface area contributed by atoms with Crippen molar-refractivity contribution in [1.82, 2.24) is 14.5 Å². The molecule has 0 unspecified atom stereocenters. The molecule has 0 saturated heterocycles. The Morgan fingerprint density at radius 1 is 1.31 bits per heavy atom. The van der Waals surface area contributed by atoms with Crippen LogP contribution in [0.2, 0.25) is 5.02 Å². The fourth-order valence-corrected chi connectivity index (χ4v) is 3.23. The number of aldehydes is 1. The summed E-state index contributed by atoms with van der Waals surface area (Å²) in [4.78, 5) is 29.6. The highest BCUT2D eigenvalue weighted by Crippen LogP contribution is 2.28. The van der Waals surface area contributed by atoms with Gasteiger partial charge >= 0.3 is 0 Å². The number of rotatable bonds is 5. The van der Waals surface area contributed by atoms with Gasteiger partial charge in [0.1, 0.15) is 41.2 Å². The molecule has 0 bridgehead atoms. The molecule has 2 aromatic rings. The first-order chi connectivity index (χ1) is 13.7. The van der Waals surface area contributed by atoms with Crippen molar-refractivity contribution in [3.05, 3.63) is 74.6 Å². The first-order valence-corrected chi connectivity index (χ1v) is 9.03. The summed E-state index contributed by atoms with van der Waals surface area (Å²) in [7, 11) is 1.76. The summed E-state index contributed by atoms with van der Waals surface area (Å²) in [5.74, 6) is -1.60. The Hall–Kier alpha value is -3.00. The van der Waals surface area contributed by atoms with Gasteiger partial charge in [-0.1, -0.05) is 11.6 Å². The number of pyridine rings is 2. The van der Waals surface area contributed by atoms with Crippen molar-refractivity contribution in [2.24, 2.45) is 0 Å². The summed E-state index contributed by atoms with van der Waals surface area (Å²) in [6.45, 7) is 3.18. The normalized spacial score (nSPS) is 16.3. The topological polar surface area (TPSA) is 64.4 Å². The number of likely N-dealkylation sites (N-methyl/N-ethyl adjacent to an activating group) is 1. The Balaban J connectivity index is 1.96. The zero-order valence-electron chi connectivity index (χ0n) is 15.9. The van der Waals surface area contributed by atoms with Crippen molar-refractivity contribution in [3.8, 4) is 5.75 Å². The molecule has 0 aromatic carbocycles. The first kappa shape index (κ1) is 20.7. The Kier molecular flexibility index (Phi) is 5.83. The summed E-state index contributed by atoms with van der Waals surface area (Å²) >= 11 is 6.21. The zero-order chi connectivity index (χ0) is 21.3. The molecule has 1 aliphatic heterocycles. The van der Waals surface area contributed by atoms with Gasteiger partial charge in [0, 0.05) is 31.1 Å². The van der Waals surface area contributed by atoms with E-state index in [1.54, 1.807) is 31.1 Å². The third-order valence-electron chi connectivity index (χ3n) is 4.53. The van der Waals surface area contributed by atoms with E-state index in [1.165, 1.54) is 10.6 Å². The average molecular weight is 422 g/mol. The largest absolute Gasteiger partial charge is 0.485 e. The second kappa shape index (κ2) is 8.16. The summed E-state index contributed by atoms with van der Waals surface area (Å²) in [5, 5.41) is -0.201. The van der Waals surface area contributed by atoms with Gasteiger partial charge < -0.3 is 14.4 Å². The summed E-state index contributed by atoms with van der Waals surface area (Å²) in [6, 6.07) is 1.72. The second-order valence-electron chi connectivity index (χ2n) is 6.63. The fourth-order valence-electron chi connectivity index (χ4n) is 3.04. The minimum atomic E-state index is -0.858. The monoisotopic (exact) mass is 421 g/mol. The quantitative estimate of drug-likeness (QED) is 0.693. The fraction of sp³-hybridized carbons (Fsp3) is 0.250. The molecule has 1 atom stereocenters. The van der Waals surface area contributed by atoms with Gasteiger partial charge in [-0.3, -0.25) is 14.3 Å². The molecule has 1 aliphatic rings. The van der Waals surface area contributed by atoms with E-state index in [2.05, 4.69) is 4.98 Å². The predicted molar refractivity (Wildman–Crippen MR) is 105 cm³/mol. The van der Waals surface area contributed by atoms with Gasteiger partial charge in [0.05, 0.1) is 11.9 Å². The van der Waals surface area contributed by atoms with Crippen LogP contribution >= 0.6 is 11.6 Å². The van der Waals surface area contributed by atoms with Crippen molar-refractivity contribution in [2.75, 3.05) is 7.05 Å². The number of carbonyl (C=O) groups excluding carboxylic acids is 1. The molecule has 29 heavy (non-hydrogen) atoms. The Morgan fingerprint density at radius 2 is 2.03 bits per heavy atom. The molecule has 0 spiro atoms. The van der Waals surface area contributed by atoms with Gasteiger partial charge in [-0.25, -0.2) is 8.78 Å². The van der Waals surface area contributed by atoms with Crippen molar-refractivity contribution in [3.63, 3.8) is 0 Å². The number of aryl methyl sites for hydroxylation is 1. The highest BCUT2D eigenvalue weighted by atomic mass is 35.5. The highest BCUT2D eigenvalue weighted by molar-refractivity contribution is 6.31.